The van der Waals surface area contributed by atoms with Gasteiger partial charge in [0.1, 0.15) is 6.54 Å². The Morgan fingerprint density at radius 1 is 0.929 bits per heavy atom. The van der Waals surface area contributed by atoms with Gasteiger partial charge in [-0.3, -0.25) is 9.59 Å². The van der Waals surface area contributed by atoms with Crippen LogP contribution in [-0.4, -0.2) is 31.4 Å². The van der Waals surface area contributed by atoms with Crippen molar-refractivity contribution >= 4 is 28.9 Å². The number of rotatable bonds is 8. The highest BCUT2D eigenvalue weighted by atomic mass is 16.2. The standard InChI is InChI=1S/C23H31N3O2/c1-6-19-11-9-10-17(4)23(19)24-22(28)16-26(18(5)27)21-14-12-20(13-15-21)25(7-2)8-3/h9-15H,6-8,16H2,1-5H3,(H,24,28). The van der Waals surface area contributed by atoms with Crippen molar-refractivity contribution in [3.63, 3.8) is 0 Å². The van der Waals surface area contributed by atoms with Gasteiger partial charge in [-0.25, -0.2) is 0 Å². The molecule has 0 aliphatic carbocycles. The highest BCUT2D eigenvalue weighted by Crippen LogP contribution is 2.23. The Kier molecular flexibility index (Phi) is 7.61. The number of anilines is 3. The second kappa shape index (κ2) is 9.93. The maximum atomic E-state index is 12.7. The average Bonchev–Trinajstić information content (AvgIpc) is 2.69. The van der Waals surface area contributed by atoms with Gasteiger partial charge in [-0.15, -0.1) is 0 Å². The van der Waals surface area contributed by atoms with Crippen molar-refractivity contribution in [2.24, 2.45) is 0 Å². The van der Waals surface area contributed by atoms with E-state index in [1.54, 1.807) is 0 Å². The molecule has 0 spiro atoms. The fourth-order valence-electron chi connectivity index (χ4n) is 3.34. The van der Waals surface area contributed by atoms with Crippen LogP contribution in [0, 0.1) is 6.92 Å². The second-order valence-electron chi connectivity index (χ2n) is 6.80. The number of nitrogens with one attached hydrogen (secondary N) is 1. The first-order valence-electron chi connectivity index (χ1n) is 9.92. The number of hydrogen-bond donors (Lipinski definition) is 1. The van der Waals surface area contributed by atoms with Gasteiger partial charge in [0.25, 0.3) is 0 Å². The normalized spacial score (nSPS) is 10.5. The summed E-state index contributed by atoms with van der Waals surface area (Å²) >= 11 is 0. The molecule has 0 unspecified atom stereocenters. The summed E-state index contributed by atoms with van der Waals surface area (Å²) in [4.78, 5) is 28.6. The fraction of sp³-hybridized carbons (Fsp3) is 0.391. The van der Waals surface area contributed by atoms with Crippen LogP contribution in [0.5, 0.6) is 0 Å². The number of carbonyl (C=O) groups excluding carboxylic acids is 2. The summed E-state index contributed by atoms with van der Waals surface area (Å²) in [6.45, 7) is 11.6. The zero-order valence-electron chi connectivity index (χ0n) is 17.6. The summed E-state index contributed by atoms with van der Waals surface area (Å²) in [5, 5.41) is 2.99. The molecule has 0 aliphatic heterocycles. The van der Waals surface area contributed by atoms with E-state index < -0.39 is 0 Å². The Bertz CT molecular complexity index is 811. The van der Waals surface area contributed by atoms with E-state index in [4.69, 9.17) is 0 Å². The maximum Gasteiger partial charge on any atom is 0.244 e. The van der Waals surface area contributed by atoms with Gasteiger partial charge in [-0.2, -0.15) is 0 Å². The van der Waals surface area contributed by atoms with E-state index in [2.05, 4.69) is 31.0 Å². The predicted molar refractivity (Wildman–Crippen MR) is 117 cm³/mol. The molecule has 5 heteroatoms. The van der Waals surface area contributed by atoms with E-state index in [9.17, 15) is 9.59 Å². The van der Waals surface area contributed by atoms with Crippen LogP contribution >= 0.6 is 0 Å². The van der Waals surface area contributed by atoms with Crippen LogP contribution in [0.2, 0.25) is 0 Å². The van der Waals surface area contributed by atoms with E-state index in [1.165, 1.54) is 11.8 Å². The molecule has 2 rings (SSSR count). The van der Waals surface area contributed by atoms with Gasteiger partial charge in [-0.05, 0) is 62.6 Å². The summed E-state index contributed by atoms with van der Waals surface area (Å²) in [7, 11) is 0. The van der Waals surface area contributed by atoms with Crippen molar-refractivity contribution in [2.45, 2.75) is 41.0 Å². The minimum Gasteiger partial charge on any atom is -0.372 e. The molecular weight excluding hydrogens is 350 g/mol. The lowest BCUT2D eigenvalue weighted by molar-refractivity contribution is -0.120. The first kappa shape index (κ1) is 21.5. The number of carbonyl (C=O) groups is 2. The van der Waals surface area contributed by atoms with Gasteiger partial charge >= 0.3 is 0 Å². The van der Waals surface area contributed by atoms with E-state index in [0.29, 0.717) is 0 Å². The van der Waals surface area contributed by atoms with Crippen LogP contribution in [-0.2, 0) is 16.0 Å². The van der Waals surface area contributed by atoms with Crippen LogP contribution in [0.3, 0.4) is 0 Å². The molecule has 0 fully saturated rings. The Morgan fingerprint density at radius 2 is 1.54 bits per heavy atom. The Labute approximate surface area is 168 Å². The quantitative estimate of drug-likeness (QED) is 0.738. The predicted octanol–water partition coefficient (Wildman–Crippen LogP) is 4.40. The molecule has 2 amide bonds. The van der Waals surface area contributed by atoms with Crippen LogP contribution in [0.1, 0.15) is 38.8 Å². The SMILES string of the molecule is CCc1cccc(C)c1NC(=O)CN(C(C)=O)c1ccc(N(CC)CC)cc1. The highest BCUT2D eigenvalue weighted by molar-refractivity contribution is 6.02. The summed E-state index contributed by atoms with van der Waals surface area (Å²) in [6.07, 6.45) is 0.834. The van der Waals surface area contributed by atoms with Crippen molar-refractivity contribution in [1.82, 2.24) is 0 Å². The van der Waals surface area contributed by atoms with Gasteiger partial charge in [0, 0.05) is 37.1 Å². The number of nitrogens with zero attached hydrogens (tertiary/aromatic N) is 2. The molecule has 1 N–H and O–H groups in total. The zero-order valence-corrected chi connectivity index (χ0v) is 17.6. The second-order valence-corrected chi connectivity index (χ2v) is 6.80. The van der Waals surface area contributed by atoms with Crippen molar-refractivity contribution in [3.8, 4) is 0 Å². The minimum absolute atomic E-state index is 0.0164. The smallest absolute Gasteiger partial charge is 0.244 e. The molecule has 0 saturated heterocycles. The fourth-order valence-corrected chi connectivity index (χ4v) is 3.34. The van der Waals surface area contributed by atoms with E-state index in [1.807, 2.05) is 49.4 Å². The molecule has 0 radical (unpaired) electrons. The first-order valence-corrected chi connectivity index (χ1v) is 9.92. The molecule has 0 saturated carbocycles. The third-order valence-corrected chi connectivity index (χ3v) is 4.98. The van der Waals surface area contributed by atoms with E-state index in [-0.39, 0.29) is 18.4 Å². The van der Waals surface area contributed by atoms with Crippen LogP contribution in [0.15, 0.2) is 42.5 Å². The molecule has 2 aromatic rings. The molecule has 0 aliphatic rings. The van der Waals surface area contributed by atoms with Crippen LogP contribution in [0.4, 0.5) is 17.1 Å². The van der Waals surface area contributed by atoms with Gasteiger partial charge in [0.2, 0.25) is 11.8 Å². The molecule has 28 heavy (non-hydrogen) atoms. The topological polar surface area (TPSA) is 52.7 Å². The Balaban J connectivity index is 2.17. The van der Waals surface area contributed by atoms with Crippen molar-refractivity contribution in [1.29, 1.82) is 0 Å². The number of amides is 2. The van der Waals surface area contributed by atoms with Gasteiger partial charge in [0.05, 0.1) is 0 Å². The lowest BCUT2D eigenvalue weighted by atomic mass is 10.1. The van der Waals surface area contributed by atoms with Crippen LogP contribution < -0.4 is 15.1 Å². The number of benzene rings is 2. The van der Waals surface area contributed by atoms with Gasteiger partial charge in [-0.1, -0.05) is 25.1 Å². The summed E-state index contributed by atoms with van der Waals surface area (Å²) in [5.74, 6) is -0.363. The lowest BCUT2D eigenvalue weighted by Crippen LogP contribution is -2.37. The monoisotopic (exact) mass is 381 g/mol. The summed E-state index contributed by atoms with van der Waals surface area (Å²) < 4.78 is 0. The molecule has 0 bridgehead atoms. The largest absolute Gasteiger partial charge is 0.372 e. The van der Waals surface area contributed by atoms with Gasteiger partial charge in [0.15, 0.2) is 0 Å². The first-order chi connectivity index (χ1) is 13.4. The molecular formula is C23H31N3O2. The summed E-state index contributed by atoms with van der Waals surface area (Å²) in [5.41, 5.74) is 4.78. The number of para-hydroxylation sites is 1. The minimum atomic E-state index is -0.202. The highest BCUT2D eigenvalue weighted by Gasteiger charge is 2.17. The average molecular weight is 382 g/mol. The molecule has 5 nitrogen and oxygen atoms in total. The molecule has 0 heterocycles. The summed E-state index contributed by atoms with van der Waals surface area (Å²) in [6, 6.07) is 13.8. The Hall–Kier alpha value is -2.82. The van der Waals surface area contributed by atoms with Gasteiger partial charge < -0.3 is 15.1 Å². The lowest BCUT2D eigenvalue weighted by Gasteiger charge is -2.24. The molecule has 2 aromatic carbocycles. The van der Waals surface area contributed by atoms with E-state index >= 15 is 0 Å². The molecule has 0 atom stereocenters. The van der Waals surface area contributed by atoms with Crippen molar-refractivity contribution in [3.05, 3.63) is 53.6 Å². The third-order valence-electron chi connectivity index (χ3n) is 4.98. The molecule has 0 aromatic heterocycles. The van der Waals surface area contributed by atoms with Crippen molar-refractivity contribution < 1.29 is 9.59 Å². The maximum absolute atomic E-state index is 12.7. The Morgan fingerprint density at radius 3 is 2.07 bits per heavy atom. The zero-order chi connectivity index (χ0) is 20.7. The number of aryl methyl sites for hydroxylation is 2. The third kappa shape index (κ3) is 5.12. The molecule has 150 valence electrons. The number of hydrogen-bond acceptors (Lipinski definition) is 3. The van der Waals surface area contributed by atoms with Crippen molar-refractivity contribution in [2.75, 3.05) is 34.8 Å². The van der Waals surface area contributed by atoms with Crippen LogP contribution in [0.25, 0.3) is 0 Å². The van der Waals surface area contributed by atoms with E-state index in [0.717, 1.165) is 47.7 Å².